The third kappa shape index (κ3) is 7.26. The summed E-state index contributed by atoms with van der Waals surface area (Å²) < 4.78 is 10.9. The van der Waals surface area contributed by atoms with Gasteiger partial charge < -0.3 is 30.7 Å². The number of nitrogens with two attached hydrogens (primary N) is 1. The molecule has 3 aromatic carbocycles. The maximum atomic E-state index is 13.6. The quantitative estimate of drug-likeness (QED) is 0.318. The highest BCUT2D eigenvalue weighted by molar-refractivity contribution is 6.01. The normalized spacial score (nSPS) is 15.5. The predicted molar refractivity (Wildman–Crippen MR) is 150 cm³/mol. The number of anilines is 1. The minimum Gasteiger partial charge on any atom is -0.496 e. The average Bonchev–Trinajstić information content (AvgIpc) is 3.46. The van der Waals surface area contributed by atoms with Crippen molar-refractivity contribution in [3.63, 3.8) is 0 Å². The SMILES string of the molecule is COc1cc(NC(=O)[C@@H]2CCCN2C(=O)[C@H](CCCCN)NC(=O)OCc2ccccc2)cc2ccccc12. The number of carbonyl (C=O) groups is 3. The van der Waals surface area contributed by atoms with Crippen LogP contribution in [0, 0.1) is 0 Å². The average molecular weight is 533 g/mol. The van der Waals surface area contributed by atoms with E-state index in [0.29, 0.717) is 50.2 Å². The van der Waals surface area contributed by atoms with Gasteiger partial charge in [0.25, 0.3) is 0 Å². The summed E-state index contributed by atoms with van der Waals surface area (Å²) in [6, 6.07) is 19.3. The number of fused-ring (bicyclic) bond motifs is 1. The van der Waals surface area contributed by atoms with Gasteiger partial charge in [-0.3, -0.25) is 9.59 Å². The van der Waals surface area contributed by atoms with E-state index in [1.54, 1.807) is 18.1 Å². The van der Waals surface area contributed by atoms with Crippen molar-refractivity contribution in [2.45, 2.75) is 50.8 Å². The van der Waals surface area contributed by atoms with Gasteiger partial charge in [0.05, 0.1) is 7.11 Å². The van der Waals surface area contributed by atoms with Crippen LogP contribution in [0.4, 0.5) is 10.5 Å². The first-order chi connectivity index (χ1) is 19.0. The Kier molecular flexibility index (Phi) is 9.74. The van der Waals surface area contributed by atoms with Crippen LogP contribution in [-0.2, 0) is 20.9 Å². The molecule has 1 aliphatic rings. The van der Waals surface area contributed by atoms with E-state index in [0.717, 1.165) is 22.8 Å². The number of hydrogen-bond acceptors (Lipinski definition) is 6. The van der Waals surface area contributed by atoms with Crippen LogP contribution in [-0.4, -0.2) is 55.1 Å². The standard InChI is InChI=1S/C30H36N4O5/c1-38-27-19-23(18-22-12-5-6-13-24(22)27)32-28(35)26-15-9-17-34(26)29(36)25(14-7-8-16-31)33-30(37)39-20-21-10-3-2-4-11-21/h2-6,10-13,18-19,25-26H,7-9,14-17,20,31H2,1H3,(H,32,35)(H,33,37)/t25-,26-/m0/s1. The summed E-state index contributed by atoms with van der Waals surface area (Å²) in [5.41, 5.74) is 7.09. The molecular formula is C30H36N4O5. The van der Waals surface area contributed by atoms with Crippen LogP contribution in [0.15, 0.2) is 66.7 Å². The van der Waals surface area contributed by atoms with Gasteiger partial charge in [0.15, 0.2) is 0 Å². The monoisotopic (exact) mass is 532 g/mol. The third-order valence-corrected chi connectivity index (χ3v) is 6.90. The Hall–Kier alpha value is -4.11. The highest BCUT2D eigenvalue weighted by Gasteiger charge is 2.37. The van der Waals surface area contributed by atoms with Crippen LogP contribution < -0.4 is 21.1 Å². The van der Waals surface area contributed by atoms with E-state index < -0.39 is 18.2 Å². The molecule has 2 atom stereocenters. The second-order valence-electron chi connectivity index (χ2n) is 9.62. The van der Waals surface area contributed by atoms with Gasteiger partial charge in [-0.15, -0.1) is 0 Å². The highest BCUT2D eigenvalue weighted by atomic mass is 16.5. The number of hydrogen-bond donors (Lipinski definition) is 3. The largest absolute Gasteiger partial charge is 0.496 e. The first kappa shape index (κ1) is 27.9. The lowest BCUT2D eigenvalue weighted by atomic mass is 10.1. The van der Waals surface area contributed by atoms with Crippen molar-refractivity contribution < 1.29 is 23.9 Å². The molecule has 206 valence electrons. The highest BCUT2D eigenvalue weighted by Crippen LogP contribution is 2.30. The molecule has 4 N–H and O–H groups in total. The Morgan fingerprint density at radius 2 is 1.82 bits per heavy atom. The summed E-state index contributed by atoms with van der Waals surface area (Å²) in [6.45, 7) is 1.02. The molecule has 0 bridgehead atoms. The molecule has 4 rings (SSSR count). The van der Waals surface area contributed by atoms with Crippen molar-refractivity contribution in [3.05, 3.63) is 72.3 Å². The number of carbonyl (C=O) groups excluding carboxylic acids is 3. The Labute approximate surface area is 228 Å². The molecular weight excluding hydrogens is 496 g/mol. The Bertz CT molecular complexity index is 1280. The Balaban J connectivity index is 1.43. The van der Waals surface area contributed by atoms with Gasteiger partial charge in [0.2, 0.25) is 11.8 Å². The predicted octanol–water partition coefficient (Wildman–Crippen LogP) is 4.20. The van der Waals surface area contributed by atoms with Crippen LogP contribution in [0.2, 0.25) is 0 Å². The van der Waals surface area contributed by atoms with Gasteiger partial charge in [-0.25, -0.2) is 4.79 Å². The number of nitrogens with zero attached hydrogens (tertiary/aromatic N) is 1. The van der Waals surface area contributed by atoms with E-state index in [1.165, 1.54) is 0 Å². The van der Waals surface area contributed by atoms with Crippen LogP contribution >= 0.6 is 0 Å². The third-order valence-electron chi connectivity index (χ3n) is 6.90. The van der Waals surface area contributed by atoms with Crippen LogP contribution in [0.3, 0.4) is 0 Å². The number of ether oxygens (including phenoxy) is 2. The van der Waals surface area contributed by atoms with Crippen molar-refractivity contribution in [2.24, 2.45) is 5.73 Å². The Morgan fingerprint density at radius 1 is 1.05 bits per heavy atom. The molecule has 0 aromatic heterocycles. The van der Waals surface area contributed by atoms with Gasteiger partial charge in [-0.05, 0) is 55.7 Å². The fourth-order valence-corrected chi connectivity index (χ4v) is 4.90. The van der Waals surface area contributed by atoms with Gasteiger partial charge in [-0.2, -0.15) is 0 Å². The molecule has 0 saturated carbocycles. The molecule has 1 saturated heterocycles. The van der Waals surface area contributed by atoms with Crippen molar-refractivity contribution in [1.29, 1.82) is 0 Å². The summed E-state index contributed by atoms with van der Waals surface area (Å²) in [7, 11) is 1.59. The van der Waals surface area contributed by atoms with E-state index in [2.05, 4.69) is 10.6 Å². The summed E-state index contributed by atoms with van der Waals surface area (Å²) >= 11 is 0. The molecule has 9 heteroatoms. The topological polar surface area (TPSA) is 123 Å². The maximum absolute atomic E-state index is 13.6. The van der Waals surface area contributed by atoms with Crippen molar-refractivity contribution in [3.8, 4) is 5.75 Å². The molecule has 0 aliphatic carbocycles. The molecule has 9 nitrogen and oxygen atoms in total. The van der Waals surface area contributed by atoms with Crippen LogP contribution in [0.1, 0.15) is 37.7 Å². The maximum Gasteiger partial charge on any atom is 0.408 e. The second kappa shape index (κ2) is 13.6. The van der Waals surface area contributed by atoms with Crippen LogP contribution in [0.5, 0.6) is 5.75 Å². The molecule has 3 aromatic rings. The number of methoxy groups -OCH3 is 1. The van der Waals surface area contributed by atoms with Gasteiger partial charge in [0.1, 0.15) is 24.4 Å². The smallest absolute Gasteiger partial charge is 0.408 e. The molecule has 0 spiro atoms. The lowest BCUT2D eigenvalue weighted by molar-refractivity contribution is -0.138. The van der Waals surface area contributed by atoms with Crippen molar-refractivity contribution in [1.82, 2.24) is 10.2 Å². The lowest BCUT2D eigenvalue weighted by Crippen LogP contribution is -2.52. The molecule has 39 heavy (non-hydrogen) atoms. The van der Waals surface area contributed by atoms with E-state index in [1.807, 2.05) is 60.7 Å². The molecule has 0 radical (unpaired) electrons. The number of benzene rings is 3. The lowest BCUT2D eigenvalue weighted by Gasteiger charge is -2.28. The fraction of sp³-hybridized carbons (Fsp3) is 0.367. The summed E-state index contributed by atoms with van der Waals surface area (Å²) in [5, 5.41) is 7.57. The van der Waals surface area contributed by atoms with Gasteiger partial charge in [-0.1, -0.05) is 54.6 Å². The van der Waals surface area contributed by atoms with E-state index in [-0.39, 0.29) is 18.4 Å². The summed E-state index contributed by atoms with van der Waals surface area (Å²) in [6.07, 6.45) is 2.35. The number of alkyl carbamates (subject to hydrolysis) is 1. The van der Waals surface area contributed by atoms with Crippen molar-refractivity contribution in [2.75, 3.05) is 25.5 Å². The minimum absolute atomic E-state index is 0.0976. The fourth-order valence-electron chi connectivity index (χ4n) is 4.90. The first-order valence-corrected chi connectivity index (χ1v) is 13.4. The zero-order chi connectivity index (χ0) is 27.6. The summed E-state index contributed by atoms with van der Waals surface area (Å²) in [5.74, 6) is 0.0870. The molecule has 1 aliphatic heterocycles. The van der Waals surface area contributed by atoms with E-state index >= 15 is 0 Å². The van der Waals surface area contributed by atoms with Gasteiger partial charge in [0, 0.05) is 23.7 Å². The van der Waals surface area contributed by atoms with Gasteiger partial charge >= 0.3 is 6.09 Å². The van der Waals surface area contributed by atoms with Crippen LogP contribution in [0.25, 0.3) is 10.8 Å². The number of rotatable bonds is 11. The summed E-state index contributed by atoms with van der Waals surface area (Å²) in [4.78, 5) is 41.1. The minimum atomic E-state index is -0.811. The first-order valence-electron chi connectivity index (χ1n) is 13.4. The van der Waals surface area contributed by atoms with Crippen molar-refractivity contribution >= 4 is 34.4 Å². The zero-order valence-electron chi connectivity index (χ0n) is 22.2. The molecule has 0 unspecified atom stereocenters. The number of nitrogens with one attached hydrogen (secondary N) is 2. The van der Waals surface area contributed by atoms with E-state index in [9.17, 15) is 14.4 Å². The Morgan fingerprint density at radius 3 is 2.59 bits per heavy atom. The number of unbranched alkanes of at least 4 members (excludes halogenated alkanes) is 1. The van der Waals surface area contributed by atoms with E-state index in [4.69, 9.17) is 15.2 Å². The molecule has 3 amide bonds. The molecule has 1 heterocycles. The number of likely N-dealkylation sites (tertiary alicyclic amines) is 1. The number of amides is 3. The zero-order valence-corrected chi connectivity index (χ0v) is 22.2. The molecule has 1 fully saturated rings. The second-order valence-corrected chi connectivity index (χ2v) is 9.62.